The molecule has 92 valence electrons. The van der Waals surface area contributed by atoms with Gasteiger partial charge in [0.05, 0.1) is 5.92 Å². The topological polar surface area (TPSA) is 83.6 Å². The van der Waals surface area contributed by atoms with Crippen molar-refractivity contribution in [1.82, 2.24) is 9.88 Å². The molecule has 1 fully saturated rings. The summed E-state index contributed by atoms with van der Waals surface area (Å²) >= 11 is 0. The molecule has 0 unspecified atom stereocenters. The number of aryl methyl sites for hydroxylation is 1. The van der Waals surface area contributed by atoms with Gasteiger partial charge in [-0.05, 0) is 12.8 Å². The van der Waals surface area contributed by atoms with E-state index in [-0.39, 0.29) is 18.1 Å². The van der Waals surface area contributed by atoms with Gasteiger partial charge in [0.2, 0.25) is 0 Å². The second-order valence-electron chi connectivity index (χ2n) is 4.18. The molecule has 17 heavy (non-hydrogen) atoms. The molecule has 0 bridgehead atoms. The fourth-order valence-corrected chi connectivity index (χ4v) is 1.99. The van der Waals surface area contributed by atoms with E-state index in [1.165, 1.54) is 11.2 Å². The number of carboxylic acid groups (broad SMARTS) is 1. The van der Waals surface area contributed by atoms with Crippen molar-refractivity contribution in [1.29, 1.82) is 0 Å². The number of hydrogen-bond donors (Lipinski definition) is 1. The van der Waals surface area contributed by atoms with E-state index in [0.29, 0.717) is 25.3 Å². The standard InChI is InChI=1S/C11H14N2O4/c1-7-12-9(6-17-7)10(14)13-4-2-3-8(5-13)11(15)16/h6,8H,2-5H2,1H3,(H,15,16)/t8-/m1/s1. The van der Waals surface area contributed by atoms with E-state index in [1.807, 2.05) is 0 Å². The molecule has 6 nitrogen and oxygen atoms in total. The van der Waals surface area contributed by atoms with Gasteiger partial charge in [-0.2, -0.15) is 0 Å². The van der Waals surface area contributed by atoms with Gasteiger partial charge in [0, 0.05) is 20.0 Å². The summed E-state index contributed by atoms with van der Waals surface area (Å²) in [5, 5.41) is 8.94. The SMILES string of the molecule is Cc1nc(C(=O)N2CCC[C@@H](C(=O)O)C2)co1. The van der Waals surface area contributed by atoms with Crippen molar-refractivity contribution in [3.8, 4) is 0 Å². The molecule has 1 aliphatic rings. The van der Waals surface area contributed by atoms with E-state index in [0.717, 1.165) is 0 Å². The van der Waals surface area contributed by atoms with Crippen LogP contribution in [-0.4, -0.2) is 40.0 Å². The van der Waals surface area contributed by atoms with Crippen molar-refractivity contribution in [2.24, 2.45) is 5.92 Å². The first-order chi connectivity index (χ1) is 8.08. The van der Waals surface area contributed by atoms with Crippen LogP contribution in [0.4, 0.5) is 0 Å². The molecule has 0 radical (unpaired) electrons. The van der Waals surface area contributed by atoms with Crippen LogP contribution in [-0.2, 0) is 4.79 Å². The molecule has 1 atom stereocenters. The van der Waals surface area contributed by atoms with Crippen LogP contribution < -0.4 is 0 Å². The maximum atomic E-state index is 12.0. The van der Waals surface area contributed by atoms with Crippen LogP contribution in [0, 0.1) is 12.8 Å². The number of carboxylic acids is 1. The van der Waals surface area contributed by atoms with Crippen molar-refractivity contribution in [3.63, 3.8) is 0 Å². The molecular formula is C11H14N2O4. The fraction of sp³-hybridized carbons (Fsp3) is 0.545. The van der Waals surface area contributed by atoms with Gasteiger partial charge in [-0.1, -0.05) is 0 Å². The summed E-state index contributed by atoms with van der Waals surface area (Å²) in [6.07, 6.45) is 2.64. The van der Waals surface area contributed by atoms with E-state index in [2.05, 4.69) is 4.98 Å². The average Bonchev–Trinajstić information content (AvgIpc) is 2.75. The van der Waals surface area contributed by atoms with Gasteiger partial charge in [-0.3, -0.25) is 9.59 Å². The average molecular weight is 238 g/mol. The number of amides is 1. The zero-order chi connectivity index (χ0) is 12.4. The normalized spacial score (nSPS) is 20.3. The van der Waals surface area contributed by atoms with Gasteiger partial charge in [0.15, 0.2) is 11.6 Å². The van der Waals surface area contributed by atoms with Crippen LogP contribution in [0.5, 0.6) is 0 Å². The quantitative estimate of drug-likeness (QED) is 0.828. The monoisotopic (exact) mass is 238 g/mol. The third kappa shape index (κ3) is 2.46. The van der Waals surface area contributed by atoms with Gasteiger partial charge in [-0.25, -0.2) is 4.98 Å². The highest BCUT2D eigenvalue weighted by Crippen LogP contribution is 2.18. The number of hydrogen-bond acceptors (Lipinski definition) is 4. The number of carbonyl (C=O) groups excluding carboxylic acids is 1. The first-order valence-corrected chi connectivity index (χ1v) is 5.52. The van der Waals surface area contributed by atoms with E-state index < -0.39 is 11.9 Å². The van der Waals surface area contributed by atoms with Crippen molar-refractivity contribution >= 4 is 11.9 Å². The first-order valence-electron chi connectivity index (χ1n) is 5.52. The minimum atomic E-state index is -0.848. The highest BCUT2D eigenvalue weighted by atomic mass is 16.4. The third-order valence-electron chi connectivity index (χ3n) is 2.90. The fourth-order valence-electron chi connectivity index (χ4n) is 1.99. The molecule has 2 rings (SSSR count). The highest BCUT2D eigenvalue weighted by molar-refractivity contribution is 5.92. The Kier molecular flexibility index (Phi) is 3.12. The van der Waals surface area contributed by atoms with Gasteiger partial charge in [0.1, 0.15) is 6.26 Å². The number of nitrogens with zero attached hydrogens (tertiary/aromatic N) is 2. The third-order valence-corrected chi connectivity index (χ3v) is 2.90. The zero-order valence-corrected chi connectivity index (χ0v) is 9.55. The van der Waals surface area contributed by atoms with Crippen molar-refractivity contribution in [3.05, 3.63) is 17.8 Å². The van der Waals surface area contributed by atoms with Gasteiger partial charge in [-0.15, -0.1) is 0 Å². The molecule has 1 N–H and O–H groups in total. The molecule has 6 heteroatoms. The molecule has 0 aliphatic carbocycles. The van der Waals surface area contributed by atoms with E-state index in [1.54, 1.807) is 6.92 Å². The number of likely N-dealkylation sites (tertiary alicyclic amines) is 1. The van der Waals surface area contributed by atoms with E-state index >= 15 is 0 Å². The molecule has 0 aromatic carbocycles. The van der Waals surface area contributed by atoms with E-state index in [4.69, 9.17) is 9.52 Å². The van der Waals surface area contributed by atoms with Gasteiger partial charge in [0.25, 0.3) is 5.91 Å². The van der Waals surface area contributed by atoms with Crippen LogP contribution in [0.15, 0.2) is 10.7 Å². The van der Waals surface area contributed by atoms with Gasteiger partial charge >= 0.3 is 5.97 Å². The maximum Gasteiger partial charge on any atom is 0.308 e. The summed E-state index contributed by atoms with van der Waals surface area (Å²) < 4.78 is 4.98. The second kappa shape index (κ2) is 4.57. The number of oxazole rings is 1. The Balaban J connectivity index is 2.07. The second-order valence-corrected chi connectivity index (χ2v) is 4.18. The molecule has 1 aliphatic heterocycles. The minimum Gasteiger partial charge on any atom is -0.481 e. The van der Waals surface area contributed by atoms with Crippen molar-refractivity contribution < 1.29 is 19.1 Å². The van der Waals surface area contributed by atoms with Crippen LogP contribution in [0.2, 0.25) is 0 Å². The molecule has 1 saturated heterocycles. The molecule has 0 saturated carbocycles. The number of aromatic nitrogens is 1. The Hall–Kier alpha value is -1.85. The predicted molar refractivity (Wildman–Crippen MR) is 57.5 cm³/mol. The summed E-state index contributed by atoms with van der Waals surface area (Å²) in [5.41, 5.74) is 0.244. The lowest BCUT2D eigenvalue weighted by molar-refractivity contribution is -0.143. The van der Waals surface area contributed by atoms with Crippen molar-refractivity contribution in [2.45, 2.75) is 19.8 Å². The first kappa shape index (κ1) is 11.6. The Morgan fingerprint density at radius 1 is 1.59 bits per heavy atom. The largest absolute Gasteiger partial charge is 0.481 e. The molecule has 1 amide bonds. The highest BCUT2D eigenvalue weighted by Gasteiger charge is 2.29. The predicted octanol–water partition coefficient (Wildman–Crippen LogP) is 0.920. The zero-order valence-electron chi connectivity index (χ0n) is 9.55. The number of piperidine rings is 1. The summed E-state index contributed by atoms with van der Waals surface area (Å²) in [7, 11) is 0. The number of rotatable bonds is 2. The maximum absolute atomic E-state index is 12.0. The van der Waals surface area contributed by atoms with E-state index in [9.17, 15) is 9.59 Å². The summed E-state index contributed by atoms with van der Waals surface area (Å²) in [4.78, 5) is 28.4. The molecule has 2 heterocycles. The summed E-state index contributed by atoms with van der Waals surface area (Å²) in [6.45, 7) is 2.49. The molecule has 0 spiro atoms. The lowest BCUT2D eigenvalue weighted by atomic mass is 9.98. The summed E-state index contributed by atoms with van der Waals surface area (Å²) in [6, 6.07) is 0. The summed E-state index contributed by atoms with van der Waals surface area (Å²) in [5.74, 6) is -1.15. The Morgan fingerprint density at radius 3 is 2.94 bits per heavy atom. The Morgan fingerprint density at radius 2 is 2.35 bits per heavy atom. The number of aliphatic carboxylic acids is 1. The minimum absolute atomic E-state index is 0.244. The lowest BCUT2D eigenvalue weighted by Gasteiger charge is -2.29. The Bertz CT molecular complexity index is 440. The molecular weight excluding hydrogens is 224 g/mol. The molecule has 1 aromatic rings. The van der Waals surface area contributed by atoms with Crippen LogP contribution in [0.3, 0.4) is 0 Å². The van der Waals surface area contributed by atoms with Gasteiger partial charge < -0.3 is 14.4 Å². The smallest absolute Gasteiger partial charge is 0.308 e. The Labute approximate surface area is 98.2 Å². The van der Waals surface area contributed by atoms with Crippen molar-refractivity contribution in [2.75, 3.05) is 13.1 Å². The number of carbonyl (C=O) groups is 2. The van der Waals surface area contributed by atoms with Crippen LogP contribution in [0.25, 0.3) is 0 Å². The van der Waals surface area contributed by atoms with Crippen LogP contribution in [0.1, 0.15) is 29.2 Å². The van der Waals surface area contributed by atoms with Crippen LogP contribution >= 0.6 is 0 Å². The lowest BCUT2D eigenvalue weighted by Crippen LogP contribution is -2.42. The molecule has 1 aromatic heterocycles.